The molecule has 0 unspecified atom stereocenters. The Bertz CT molecular complexity index is 377. The van der Waals surface area contributed by atoms with Gasteiger partial charge in [0.2, 0.25) is 5.91 Å². The molecule has 0 aromatic carbocycles. The van der Waals surface area contributed by atoms with Crippen molar-refractivity contribution in [3.63, 3.8) is 0 Å². The molecule has 0 saturated heterocycles. The van der Waals surface area contributed by atoms with Crippen molar-refractivity contribution in [2.45, 2.75) is 51.4 Å². The molecule has 2 rings (SSSR count). The smallest absolute Gasteiger partial charge is 0.231 e. The Hall–Kier alpha value is -0.830. The number of hydrogen-bond acceptors (Lipinski definition) is 2. The molecule has 0 aliphatic heterocycles. The molecule has 1 amide bonds. The minimum absolute atomic E-state index is 0.217. The van der Waals surface area contributed by atoms with Gasteiger partial charge in [0.1, 0.15) is 0 Å². The summed E-state index contributed by atoms with van der Waals surface area (Å²) in [4.78, 5) is 13.8. The normalized spacial score (nSPS) is 18.2. The van der Waals surface area contributed by atoms with Crippen molar-refractivity contribution in [2.75, 3.05) is 6.54 Å². The van der Waals surface area contributed by atoms with E-state index in [2.05, 4.69) is 36.7 Å². The summed E-state index contributed by atoms with van der Waals surface area (Å²) < 4.78 is 0. The van der Waals surface area contributed by atoms with Crippen molar-refractivity contribution >= 4 is 17.2 Å². The van der Waals surface area contributed by atoms with E-state index in [1.165, 1.54) is 17.7 Å². The van der Waals surface area contributed by atoms with Gasteiger partial charge in [-0.2, -0.15) is 0 Å². The molecule has 1 N–H and O–H groups in total. The Kier molecular flexibility index (Phi) is 4.44. The Morgan fingerprint density at radius 3 is 2.72 bits per heavy atom. The van der Waals surface area contributed by atoms with Gasteiger partial charge in [-0.05, 0) is 36.6 Å². The number of rotatable bonds is 5. The third kappa shape index (κ3) is 2.77. The molecule has 1 aliphatic rings. The highest BCUT2D eigenvalue weighted by Crippen LogP contribution is 2.43. The lowest BCUT2D eigenvalue weighted by molar-refractivity contribution is -0.126. The molecule has 1 aliphatic carbocycles. The molecular weight excluding hydrogens is 242 g/mol. The van der Waals surface area contributed by atoms with Crippen LogP contribution in [0, 0.1) is 5.92 Å². The van der Waals surface area contributed by atoms with Crippen molar-refractivity contribution in [3.05, 3.63) is 22.4 Å². The third-order valence-corrected chi connectivity index (χ3v) is 4.97. The summed E-state index contributed by atoms with van der Waals surface area (Å²) in [5.41, 5.74) is -0.217. The van der Waals surface area contributed by atoms with E-state index in [0.29, 0.717) is 5.92 Å². The molecule has 1 saturated carbocycles. The number of hydrogen-bond donors (Lipinski definition) is 1. The minimum atomic E-state index is -0.217. The molecule has 0 bridgehead atoms. The van der Waals surface area contributed by atoms with E-state index in [0.717, 1.165) is 25.8 Å². The Morgan fingerprint density at radius 2 is 2.17 bits per heavy atom. The van der Waals surface area contributed by atoms with E-state index >= 15 is 0 Å². The van der Waals surface area contributed by atoms with Crippen LogP contribution in [0.4, 0.5) is 0 Å². The lowest BCUT2D eigenvalue weighted by atomic mass is 9.83. The highest BCUT2D eigenvalue weighted by Gasteiger charge is 2.43. The number of nitrogens with one attached hydrogen (secondary N) is 1. The highest BCUT2D eigenvalue weighted by atomic mass is 32.1. The van der Waals surface area contributed by atoms with Crippen LogP contribution in [0.1, 0.15) is 50.8 Å². The molecule has 1 aromatic heterocycles. The fourth-order valence-corrected chi connectivity index (χ4v) is 3.74. The van der Waals surface area contributed by atoms with Gasteiger partial charge in [-0.25, -0.2) is 0 Å². The second-order valence-electron chi connectivity index (χ2n) is 5.70. The molecule has 1 heterocycles. The predicted octanol–water partition coefficient (Wildman–Crippen LogP) is 3.72. The van der Waals surface area contributed by atoms with Crippen LogP contribution in [0.3, 0.4) is 0 Å². The molecule has 0 radical (unpaired) electrons. The van der Waals surface area contributed by atoms with E-state index in [4.69, 9.17) is 0 Å². The van der Waals surface area contributed by atoms with E-state index in [1.807, 2.05) is 0 Å². The van der Waals surface area contributed by atoms with Crippen molar-refractivity contribution < 1.29 is 4.79 Å². The summed E-state index contributed by atoms with van der Waals surface area (Å²) in [7, 11) is 0. The van der Waals surface area contributed by atoms with Gasteiger partial charge >= 0.3 is 0 Å². The predicted molar refractivity (Wildman–Crippen MR) is 76.9 cm³/mol. The first-order chi connectivity index (χ1) is 8.65. The summed E-state index contributed by atoms with van der Waals surface area (Å²) in [6.07, 6.45) is 5.44. The first-order valence-corrected chi connectivity index (χ1v) is 7.85. The number of amides is 1. The maximum atomic E-state index is 12.5. The van der Waals surface area contributed by atoms with Crippen molar-refractivity contribution in [3.8, 4) is 0 Å². The summed E-state index contributed by atoms with van der Waals surface area (Å²) >= 11 is 1.73. The van der Waals surface area contributed by atoms with Crippen molar-refractivity contribution in [1.82, 2.24) is 5.32 Å². The first-order valence-electron chi connectivity index (χ1n) is 6.97. The zero-order valence-corrected chi connectivity index (χ0v) is 12.2. The van der Waals surface area contributed by atoms with E-state index < -0.39 is 0 Å². The molecule has 0 spiro atoms. The van der Waals surface area contributed by atoms with E-state index in [9.17, 15) is 4.79 Å². The maximum absolute atomic E-state index is 12.5. The van der Waals surface area contributed by atoms with Crippen molar-refractivity contribution in [2.24, 2.45) is 5.92 Å². The standard InChI is InChI=1S/C15H23NOS/c1-12(2)7-10-16-14(17)15(8-3-4-9-15)13-6-5-11-18-13/h5-6,11-12H,3-4,7-10H2,1-2H3,(H,16,17). The van der Waals surface area contributed by atoms with Crippen LogP contribution >= 0.6 is 11.3 Å². The van der Waals surface area contributed by atoms with Gasteiger partial charge in [0.25, 0.3) is 0 Å². The molecule has 0 atom stereocenters. The van der Waals surface area contributed by atoms with Crippen LogP contribution in [0.15, 0.2) is 17.5 Å². The van der Waals surface area contributed by atoms with Gasteiger partial charge in [0.05, 0.1) is 5.41 Å². The first kappa shape index (κ1) is 13.6. The second kappa shape index (κ2) is 5.87. The van der Waals surface area contributed by atoms with Gasteiger partial charge in [-0.3, -0.25) is 4.79 Å². The van der Waals surface area contributed by atoms with Crippen molar-refractivity contribution in [1.29, 1.82) is 0 Å². The summed E-state index contributed by atoms with van der Waals surface area (Å²) in [5.74, 6) is 0.898. The SMILES string of the molecule is CC(C)CCNC(=O)C1(c2cccs2)CCCC1. The Morgan fingerprint density at radius 1 is 1.44 bits per heavy atom. The molecule has 1 aromatic rings. The van der Waals surface area contributed by atoms with Crippen LogP contribution in [-0.4, -0.2) is 12.5 Å². The van der Waals surface area contributed by atoms with Gasteiger partial charge in [-0.1, -0.05) is 32.8 Å². The van der Waals surface area contributed by atoms with Crippen LogP contribution in [0.25, 0.3) is 0 Å². The average molecular weight is 265 g/mol. The van der Waals surface area contributed by atoms with E-state index in [-0.39, 0.29) is 11.3 Å². The summed E-state index contributed by atoms with van der Waals surface area (Å²) in [6.45, 7) is 5.19. The molecule has 18 heavy (non-hydrogen) atoms. The lowest BCUT2D eigenvalue weighted by Crippen LogP contribution is -2.42. The molecular formula is C15H23NOS. The van der Waals surface area contributed by atoms with E-state index in [1.54, 1.807) is 11.3 Å². The number of thiophene rings is 1. The summed E-state index contributed by atoms with van der Waals surface area (Å²) in [5, 5.41) is 5.23. The highest BCUT2D eigenvalue weighted by molar-refractivity contribution is 7.10. The summed E-state index contributed by atoms with van der Waals surface area (Å²) in [6, 6.07) is 4.18. The minimum Gasteiger partial charge on any atom is -0.355 e. The molecule has 2 nitrogen and oxygen atoms in total. The van der Waals surface area contributed by atoms with Gasteiger partial charge < -0.3 is 5.32 Å². The Labute approximate surface area is 114 Å². The lowest BCUT2D eigenvalue weighted by Gasteiger charge is -2.26. The largest absolute Gasteiger partial charge is 0.355 e. The van der Waals surface area contributed by atoms with Crippen LogP contribution < -0.4 is 5.32 Å². The Balaban J connectivity index is 2.04. The zero-order chi connectivity index (χ0) is 13.0. The van der Waals surface area contributed by atoms with Crippen LogP contribution in [0.2, 0.25) is 0 Å². The molecule has 1 fully saturated rings. The number of carbonyl (C=O) groups is 1. The topological polar surface area (TPSA) is 29.1 Å². The number of carbonyl (C=O) groups excluding carboxylic acids is 1. The molecule has 100 valence electrons. The second-order valence-corrected chi connectivity index (χ2v) is 6.65. The van der Waals surface area contributed by atoms with Gasteiger partial charge in [0.15, 0.2) is 0 Å². The quantitative estimate of drug-likeness (QED) is 0.863. The fourth-order valence-electron chi connectivity index (χ4n) is 2.76. The van der Waals surface area contributed by atoms with Gasteiger partial charge in [-0.15, -0.1) is 11.3 Å². The maximum Gasteiger partial charge on any atom is 0.231 e. The monoisotopic (exact) mass is 265 g/mol. The van der Waals surface area contributed by atoms with Crippen LogP contribution in [-0.2, 0) is 10.2 Å². The zero-order valence-electron chi connectivity index (χ0n) is 11.4. The van der Waals surface area contributed by atoms with Gasteiger partial charge in [0, 0.05) is 11.4 Å². The molecule has 3 heteroatoms. The fraction of sp³-hybridized carbons (Fsp3) is 0.667. The van der Waals surface area contributed by atoms with Crippen LogP contribution in [0.5, 0.6) is 0 Å². The third-order valence-electron chi connectivity index (χ3n) is 3.89. The average Bonchev–Trinajstić information content (AvgIpc) is 3.00.